The fraction of sp³-hybridized carbons (Fsp3) is 0.500. The van der Waals surface area contributed by atoms with E-state index in [1.165, 1.54) is 0 Å². The summed E-state index contributed by atoms with van der Waals surface area (Å²) in [4.78, 5) is 0. The fourth-order valence-corrected chi connectivity index (χ4v) is 1.03. The summed E-state index contributed by atoms with van der Waals surface area (Å²) in [5, 5.41) is 11.9. The standard InChI is InChI=1S/C8H13NO2/c1-9-5-7(6-10)8-3-2-4-11-8/h2-4,7,9-10H,5-6H2,1H3. The Balaban J connectivity index is 2.56. The molecular formula is C8H13NO2. The van der Waals surface area contributed by atoms with E-state index in [9.17, 15) is 0 Å². The number of furan rings is 1. The minimum Gasteiger partial charge on any atom is -0.469 e. The second kappa shape index (κ2) is 4.16. The Kier molecular flexibility index (Phi) is 3.14. The highest BCUT2D eigenvalue weighted by molar-refractivity contribution is 5.05. The molecule has 11 heavy (non-hydrogen) atoms. The van der Waals surface area contributed by atoms with Gasteiger partial charge in [0.05, 0.1) is 18.8 Å². The summed E-state index contributed by atoms with van der Waals surface area (Å²) < 4.78 is 5.14. The summed E-state index contributed by atoms with van der Waals surface area (Å²) in [5.74, 6) is 0.914. The van der Waals surface area contributed by atoms with Gasteiger partial charge in [-0.2, -0.15) is 0 Å². The van der Waals surface area contributed by atoms with E-state index in [0.717, 1.165) is 12.3 Å². The van der Waals surface area contributed by atoms with Crippen LogP contribution in [0.15, 0.2) is 22.8 Å². The van der Waals surface area contributed by atoms with Gasteiger partial charge in [-0.1, -0.05) is 0 Å². The minimum absolute atomic E-state index is 0.0787. The molecule has 62 valence electrons. The van der Waals surface area contributed by atoms with E-state index in [2.05, 4.69) is 5.32 Å². The summed E-state index contributed by atoms with van der Waals surface area (Å²) in [5.41, 5.74) is 0. The van der Waals surface area contributed by atoms with Crippen molar-refractivity contribution < 1.29 is 9.52 Å². The van der Waals surface area contributed by atoms with Crippen molar-refractivity contribution in [3.8, 4) is 0 Å². The van der Waals surface area contributed by atoms with Gasteiger partial charge in [0.25, 0.3) is 0 Å². The van der Waals surface area contributed by atoms with Crippen molar-refractivity contribution in [2.75, 3.05) is 20.2 Å². The molecule has 0 aromatic carbocycles. The molecule has 1 unspecified atom stereocenters. The third kappa shape index (κ3) is 2.06. The number of hydrogen-bond acceptors (Lipinski definition) is 3. The van der Waals surface area contributed by atoms with Crippen molar-refractivity contribution in [2.45, 2.75) is 5.92 Å². The highest BCUT2D eigenvalue weighted by atomic mass is 16.3. The molecule has 0 aliphatic heterocycles. The first-order chi connectivity index (χ1) is 5.38. The van der Waals surface area contributed by atoms with Crippen LogP contribution >= 0.6 is 0 Å². The molecule has 1 heterocycles. The molecule has 1 rings (SSSR count). The van der Waals surface area contributed by atoms with Crippen LogP contribution in [0.3, 0.4) is 0 Å². The molecule has 0 fully saturated rings. The van der Waals surface area contributed by atoms with Gasteiger partial charge in [0.2, 0.25) is 0 Å². The van der Waals surface area contributed by atoms with Gasteiger partial charge < -0.3 is 14.8 Å². The van der Waals surface area contributed by atoms with Gasteiger partial charge in [-0.25, -0.2) is 0 Å². The van der Waals surface area contributed by atoms with Crippen molar-refractivity contribution in [3.05, 3.63) is 24.2 Å². The van der Waals surface area contributed by atoms with Crippen LogP contribution in [-0.2, 0) is 0 Å². The Hall–Kier alpha value is -0.800. The molecule has 1 aromatic heterocycles. The lowest BCUT2D eigenvalue weighted by Crippen LogP contribution is -2.19. The van der Waals surface area contributed by atoms with Gasteiger partial charge in [-0.15, -0.1) is 0 Å². The number of nitrogens with one attached hydrogen (secondary N) is 1. The van der Waals surface area contributed by atoms with Crippen LogP contribution in [-0.4, -0.2) is 25.3 Å². The van der Waals surface area contributed by atoms with Crippen LogP contribution in [0.25, 0.3) is 0 Å². The predicted molar refractivity (Wildman–Crippen MR) is 42.5 cm³/mol. The summed E-state index contributed by atoms with van der Waals surface area (Å²) in [6.45, 7) is 0.859. The van der Waals surface area contributed by atoms with Gasteiger partial charge in [-0.3, -0.25) is 0 Å². The molecule has 0 spiro atoms. The molecule has 1 aromatic rings. The number of rotatable bonds is 4. The molecule has 3 heteroatoms. The van der Waals surface area contributed by atoms with E-state index < -0.39 is 0 Å². The maximum Gasteiger partial charge on any atom is 0.110 e. The lowest BCUT2D eigenvalue weighted by Gasteiger charge is -2.09. The molecule has 0 saturated carbocycles. The van der Waals surface area contributed by atoms with E-state index in [1.807, 2.05) is 19.2 Å². The van der Waals surface area contributed by atoms with Gasteiger partial charge in [0.1, 0.15) is 5.76 Å². The SMILES string of the molecule is CNCC(CO)c1ccco1. The third-order valence-electron chi connectivity index (χ3n) is 1.62. The molecule has 3 nitrogen and oxygen atoms in total. The summed E-state index contributed by atoms with van der Waals surface area (Å²) in [6.07, 6.45) is 1.62. The Labute approximate surface area is 66.0 Å². The van der Waals surface area contributed by atoms with Gasteiger partial charge in [0, 0.05) is 6.54 Å². The van der Waals surface area contributed by atoms with Gasteiger partial charge in [-0.05, 0) is 19.2 Å². The molecule has 1 atom stereocenters. The molecule has 0 aliphatic carbocycles. The normalized spacial score (nSPS) is 13.3. The molecular weight excluding hydrogens is 142 g/mol. The molecule has 0 saturated heterocycles. The zero-order valence-corrected chi connectivity index (χ0v) is 6.58. The van der Waals surface area contributed by atoms with Crippen LogP contribution in [0.2, 0.25) is 0 Å². The predicted octanol–water partition coefficient (Wildman–Crippen LogP) is 0.575. The average molecular weight is 155 g/mol. The molecule has 0 bridgehead atoms. The van der Waals surface area contributed by atoms with Crippen molar-refractivity contribution in [3.63, 3.8) is 0 Å². The third-order valence-corrected chi connectivity index (χ3v) is 1.62. The van der Waals surface area contributed by atoms with Crippen LogP contribution in [0, 0.1) is 0 Å². The van der Waals surface area contributed by atoms with Crippen molar-refractivity contribution in [1.82, 2.24) is 5.32 Å². The second-order valence-electron chi connectivity index (χ2n) is 2.45. The number of likely N-dealkylation sites (N-methyl/N-ethyl adjacent to an activating group) is 1. The Morgan fingerprint density at radius 3 is 3.00 bits per heavy atom. The second-order valence-corrected chi connectivity index (χ2v) is 2.45. The topological polar surface area (TPSA) is 45.4 Å². The fourth-order valence-electron chi connectivity index (χ4n) is 1.03. The van der Waals surface area contributed by atoms with E-state index >= 15 is 0 Å². The van der Waals surface area contributed by atoms with Gasteiger partial charge in [0.15, 0.2) is 0 Å². The first-order valence-electron chi connectivity index (χ1n) is 3.67. The van der Waals surface area contributed by atoms with Crippen LogP contribution in [0.4, 0.5) is 0 Å². The molecule has 0 aliphatic rings. The maximum atomic E-state index is 8.93. The van der Waals surface area contributed by atoms with E-state index in [1.54, 1.807) is 6.26 Å². The largest absolute Gasteiger partial charge is 0.469 e. The molecule has 2 N–H and O–H groups in total. The van der Waals surface area contributed by atoms with Crippen molar-refractivity contribution in [2.24, 2.45) is 0 Å². The zero-order chi connectivity index (χ0) is 8.10. The summed E-state index contributed by atoms with van der Waals surface area (Å²) in [7, 11) is 1.85. The number of hydrogen-bond donors (Lipinski definition) is 2. The monoisotopic (exact) mass is 155 g/mol. The van der Waals surface area contributed by atoms with Crippen LogP contribution in [0.1, 0.15) is 11.7 Å². The van der Waals surface area contributed by atoms with Gasteiger partial charge >= 0.3 is 0 Å². The van der Waals surface area contributed by atoms with E-state index in [0.29, 0.717) is 0 Å². The molecule has 0 amide bonds. The van der Waals surface area contributed by atoms with E-state index in [4.69, 9.17) is 9.52 Å². The first kappa shape index (κ1) is 8.30. The first-order valence-corrected chi connectivity index (χ1v) is 3.67. The summed E-state index contributed by atoms with van der Waals surface area (Å²) >= 11 is 0. The Bertz CT molecular complexity index is 184. The lowest BCUT2D eigenvalue weighted by molar-refractivity contribution is 0.247. The number of aliphatic hydroxyl groups excluding tert-OH is 1. The number of aliphatic hydroxyl groups is 1. The Morgan fingerprint density at radius 2 is 2.55 bits per heavy atom. The highest BCUT2D eigenvalue weighted by Crippen LogP contribution is 2.13. The summed E-state index contributed by atoms with van der Waals surface area (Å²) in [6, 6.07) is 3.70. The van der Waals surface area contributed by atoms with E-state index in [-0.39, 0.29) is 12.5 Å². The quantitative estimate of drug-likeness (QED) is 0.668. The molecule has 0 radical (unpaired) electrons. The Morgan fingerprint density at radius 1 is 1.73 bits per heavy atom. The smallest absolute Gasteiger partial charge is 0.110 e. The van der Waals surface area contributed by atoms with Crippen LogP contribution in [0.5, 0.6) is 0 Å². The maximum absolute atomic E-state index is 8.93. The average Bonchev–Trinajstić information content (AvgIpc) is 2.52. The highest BCUT2D eigenvalue weighted by Gasteiger charge is 2.10. The van der Waals surface area contributed by atoms with Crippen LogP contribution < -0.4 is 5.32 Å². The minimum atomic E-state index is 0.0787. The lowest BCUT2D eigenvalue weighted by atomic mass is 10.1. The zero-order valence-electron chi connectivity index (χ0n) is 6.58. The van der Waals surface area contributed by atoms with Crippen molar-refractivity contribution in [1.29, 1.82) is 0 Å². The van der Waals surface area contributed by atoms with Crippen molar-refractivity contribution >= 4 is 0 Å².